The van der Waals surface area contributed by atoms with Gasteiger partial charge in [-0.15, -0.1) is 0 Å². The molecule has 4 rings (SSSR count). The Morgan fingerprint density at radius 3 is 2.08 bits per heavy atom. The third-order valence-corrected chi connectivity index (χ3v) is 6.01. The van der Waals surface area contributed by atoms with E-state index in [2.05, 4.69) is 5.32 Å². The molecule has 0 fully saturated rings. The summed E-state index contributed by atoms with van der Waals surface area (Å²) in [7, 11) is 0. The van der Waals surface area contributed by atoms with Crippen LogP contribution in [0.3, 0.4) is 0 Å². The summed E-state index contributed by atoms with van der Waals surface area (Å²) in [5.74, 6) is 2.08. The van der Waals surface area contributed by atoms with E-state index in [1.54, 1.807) is 12.3 Å². The molecule has 0 bridgehead atoms. The van der Waals surface area contributed by atoms with Crippen molar-refractivity contribution in [3.05, 3.63) is 78.1 Å². The van der Waals surface area contributed by atoms with Crippen LogP contribution in [0.15, 0.2) is 71.4 Å². The van der Waals surface area contributed by atoms with Crippen molar-refractivity contribution in [1.82, 2.24) is 0 Å². The number of rotatable bonds is 10. The molecular weight excluding hydrogens is 466 g/mol. The molecular formula is C31H33NO5. The van der Waals surface area contributed by atoms with E-state index in [0.717, 1.165) is 50.3 Å². The molecule has 0 radical (unpaired) electrons. The SMILES string of the molecule is CCOc1ccc(NC(=O)/C=C(\C)c2cc3c(-c4ccc(OCC)cc4)coc3c(C)c2OCC)cc1. The van der Waals surface area contributed by atoms with Crippen LogP contribution in [-0.4, -0.2) is 25.7 Å². The number of carbonyl (C=O) groups excluding carboxylic acids is 1. The van der Waals surface area contributed by atoms with Crippen LogP contribution in [0.5, 0.6) is 17.2 Å². The molecule has 1 amide bonds. The first-order valence-corrected chi connectivity index (χ1v) is 12.6. The molecule has 1 aromatic heterocycles. The Bertz CT molecular complexity index is 1400. The topological polar surface area (TPSA) is 69.9 Å². The Morgan fingerprint density at radius 1 is 0.892 bits per heavy atom. The van der Waals surface area contributed by atoms with E-state index in [0.29, 0.717) is 31.3 Å². The van der Waals surface area contributed by atoms with Gasteiger partial charge in [-0.05, 0) is 88.2 Å². The van der Waals surface area contributed by atoms with Gasteiger partial charge in [0.25, 0.3) is 0 Å². The van der Waals surface area contributed by atoms with Crippen molar-refractivity contribution in [2.24, 2.45) is 0 Å². The predicted molar refractivity (Wildman–Crippen MR) is 149 cm³/mol. The van der Waals surface area contributed by atoms with E-state index in [1.807, 2.05) is 89.2 Å². The van der Waals surface area contributed by atoms with Crippen LogP contribution in [0, 0.1) is 6.92 Å². The van der Waals surface area contributed by atoms with Crippen molar-refractivity contribution < 1.29 is 23.4 Å². The standard InChI is InChI=1S/C31H33NO5/c1-6-34-24-13-9-22(10-14-24)28-19-37-31-21(5)30(36-8-3)26(18-27(28)31)20(4)17-29(33)32-23-11-15-25(16-12-23)35-7-2/h9-19H,6-8H2,1-5H3,(H,32,33)/b20-17+. The van der Waals surface area contributed by atoms with Crippen LogP contribution < -0.4 is 19.5 Å². The highest BCUT2D eigenvalue weighted by molar-refractivity contribution is 6.06. The normalized spacial score (nSPS) is 11.4. The average molecular weight is 500 g/mol. The minimum Gasteiger partial charge on any atom is -0.494 e. The van der Waals surface area contributed by atoms with Gasteiger partial charge in [0.2, 0.25) is 5.91 Å². The number of ether oxygens (including phenoxy) is 3. The summed E-state index contributed by atoms with van der Waals surface area (Å²) in [6.07, 6.45) is 3.36. The van der Waals surface area contributed by atoms with Crippen molar-refractivity contribution in [1.29, 1.82) is 0 Å². The molecule has 3 aromatic carbocycles. The molecule has 4 aromatic rings. The maximum Gasteiger partial charge on any atom is 0.248 e. The fourth-order valence-corrected chi connectivity index (χ4v) is 4.31. The van der Waals surface area contributed by atoms with Gasteiger partial charge in [-0.1, -0.05) is 12.1 Å². The number of hydrogen-bond donors (Lipinski definition) is 1. The zero-order chi connectivity index (χ0) is 26.4. The Labute approximate surface area is 217 Å². The van der Waals surface area contributed by atoms with E-state index in [9.17, 15) is 4.79 Å². The highest BCUT2D eigenvalue weighted by Gasteiger charge is 2.19. The summed E-state index contributed by atoms with van der Waals surface area (Å²) in [5, 5.41) is 3.88. The third-order valence-electron chi connectivity index (χ3n) is 6.01. The van der Waals surface area contributed by atoms with Crippen LogP contribution >= 0.6 is 0 Å². The van der Waals surface area contributed by atoms with Crippen LogP contribution in [0.25, 0.3) is 27.7 Å². The van der Waals surface area contributed by atoms with Gasteiger partial charge >= 0.3 is 0 Å². The number of benzene rings is 3. The minimum absolute atomic E-state index is 0.221. The van der Waals surface area contributed by atoms with Crippen LogP contribution in [0.4, 0.5) is 5.69 Å². The second kappa shape index (κ2) is 11.7. The van der Waals surface area contributed by atoms with E-state index >= 15 is 0 Å². The monoisotopic (exact) mass is 499 g/mol. The van der Waals surface area contributed by atoms with Crippen molar-refractivity contribution in [2.45, 2.75) is 34.6 Å². The molecule has 0 spiro atoms. The van der Waals surface area contributed by atoms with Crippen molar-refractivity contribution in [3.63, 3.8) is 0 Å². The van der Waals surface area contributed by atoms with E-state index < -0.39 is 0 Å². The molecule has 1 heterocycles. The fraction of sp³-hybridized carbons (Fsp3) is 0.258. The Morgan fingerprint density at radius 2 is 1.49 bits per heavy atom. The van der Waals surface area contributed by atoms with Gasteiger partial charge in [0, 0.05) is 33.8 Å². The quantitative estimate of drug-likeness (QED) is 0.227. The smallest absolute Gasteiger partial charge is 0.248 e. The number of nitrogens with one attached hydrogen (secondary N) is 1. The molecule has 0 unspecified atom stereocenters. The minimum atomic E-state index is -0.221. The molecule has 0 atom stereocenters. The second-order valence-electron chi connectivity index (χ2n) is 8.57. The second-order valence-corrected chi connectivity index (χ2v) is 8.57. The molecule has 0 aliphatic carbocycles. The first-order valence-electron chi connectivity index (χ1n) is 12.6. The largest absolute Gasteiger partial charge is 0.494 e. The number of carbonyl (C=O) groups is 1. The lowest BCUT2D eigenvalue weighted by molar-refractivity contribution is -0.111. The van der Waals surface area contributed by atoms with E-state index in [1.165, 1.54) is 0 Å². The Kier molecular flexibility index (Phi) is 8.18. The maximum absolute atomic E-state index is 12.9. The van der Waals surface area contributed by atoms with Gasteiger partial charge in [-0.25, -0.2) is 0 Å². The Balaban J connectivity index is 1.69. The van der Waals surface area contributed by atoms with Gasteiger partial charge < -0.3 is 23.9 Å². The lowest BCUT2D eigenvalue weighted by Gasteiger charge is -2.15. The molecule has 0 saturated carbocycles. The van der Waals surface area contributed by atoms with Gasteiger partial charge in [0.05, 0.1) is 26.1 Å². The van der Waals surface area contributed by atoms with Crippen LogP contribution in [-0.2, 0) is 4.79 Å². The summed E-state index contributed by atoms with van der Waals surface area (Å²) >= 11 is 0. The molecule has 0 aliphatic heterocycles. The molecule has 0 saturated heterocycles. The maximum atomic E-state index is 12.9. The molecule has 1 N–H and O–H groups in total. The molecule has 37 heavy (non-hydrogen) atoms. The van der Waals surface area contributed by atoms with Crippen LogP contribution in [0.1, 0.15) is 38.8 Å². The van der Waals surface area contributed by atoms with E-state index in [-0.39, 0.29) is 5.91 Å². The highest BCUT2D eigenvalue weighted by Crippen LogP contribution is 2.41. The first kappa shape index (κ1) is 25.9. The summed E-state index contributed by atoms with van der Waals surface area (Å²) < 4.78 is 23.1. The number of anilines is 1. The summed E-state index contributed by atoms with van der Waals surface area (Å²) in [5.41, 5.74) is 5.98. The molecule has 0 aliphatic rings. The van der Waals surface area contributed by atoms with Gasteiger partial charge in [-0.3, -0.25) is 4.79 Å². The highest BCUT2D eigenvalue weighted by atomic mass is 16.5. The van der Waals surface area contributed by atoms with E-state index in [4.69, 9.17) is 18.6 Å². The van der Waals surface area contributed by atoms with Crippen molar-refractivity contribution in [3.8, 4) is 28.4 Å². The first-order chi connectivity index (χ1) is 17.9. The van der Waals surface area contributed by atoms with Gasteiger partial charge in [0.15, 0.2) is 0 Å². The number of fused-ring (bicyclic) bond motifs is 1. The molecule has 192 valence electrons. The average Bonchev–Trinajstić information content (AvgIpc) is 3.32. The lowest BCUT2D eigenvalue weighted by atomic mass is 9.96. The fourth-order valence-electron chi connectivity index (χ4n) is 4.31. The zero-order valence-electron chi connectivity index (χ0n) is 22.0. The lowest BCUT2D eigenvalue weighted by Crippen LogP contribution is -2.09. The summed E-state index contributed by atoms with van der Waals surface area (Å²) in [6.45, 7) is 11.4. The predicted octanol–water partition coefficient (Wildman–Crippen LogP) is 7.65. The van der Waals surface area contributed by atoms with Gasteiger partial charge in [0.1, 0.15) is 22.8 Å². The number of aryl methyl sites for hydroxylation is 1. The molecule has 6 nitrogen and oxygen atoms in total. The summed E-state index contributed by atoms with van der Waals surface area (Å²) in [6, 6.07) is 17.3. The number of allylic oxidation sites excluding steroid dienone is 1. The van der Waals surface area contributed by atoms with Gasteiger partial charge in [-0.2, -0.15) is 0 Å². The van der Waals surface area contributed by atoms with Crippen LogP contribution in [0.2, 0.25) is 0 Å². The number of hydrogen-bond acceptors (Lipinski definition) is 5. The number of furan rings is 1. The molecule has 6 heteroatoms. The third kappa shape index (κ3) is 5.80. The van der Waals surface area contributed by atoms with Crippen molar-refractivity contribution >= 4 is 28.1 Å². The summed E-state index contributed by atoms with van der Waals surface area (Å²) in [4.78, 5) is 12.9. The zero-order valence-corrected chi connectivity index (χ0v) is 22.0. The van der Waals surface area contributed by atoms with Crippen molar-refractivity contribution in [2.75, 3.05) is 25.1 Å². The number of amides is 1. The Hall–Kier alpha value is -4.19.